The molecule has 0 spiro atoms. The molecule has 0 aliphatic carbocycles. The Bertz CT molecular complexity index is 944. The smallest absolute Gasteiger partial charge is 0.241 e. The van der Waals surface area contributed by atoms with Crippen molar-refractivity contribution in [3.8, 4) is 0 Å². The van der Waals surface area contributed by atoms with E-state index in [4.69, 9.17) is 11.6 Å². The highest BCUT2D eigenvalue weighted by molar-refractivity contribution is 6.30. The molecule has 0 heterocycles. The second-order valence-corrected chi connectivity index (χ2v) is 6.77. The summed E-state index contributed by atoms with van der Waals surface area (Å²) in [4.78, 5) is 12.4. The van der Waals surface area contributed by atoms with Crippen molar-refractivity contribution in [1.29, 1.82) is 0 Å². The molecule has 0 unspecified atom stereocenters. The van der Waals surface area contributed by atoms with Crippen molar-refractivity contribution in [1.82, 2.24) is 5.32 Å². The molecular weight excluding hydrogens is 351 g/mol. The van der Waals surface area contributed by atoms with Gasteiger partial charge in [0.25, 0.3) is 0 Å². The van der Waals surface area contributed by atoms with Crippen molar-refractivity contribution in [3.63, 3.8) is 0 Å². The maximum Gasteiger partial charge on any atom is 0.241 e. The van der Waals surface area contributed by atoms with E-state index < -0.39 is 11.9 Å². The van der Waals surface area contributed by atoms with Crippen molar-refractivity contribution in [3.05, 3.63) is 77.1 Å². The van der Waals surface area contributed by atoms with Crippen LogP contribution in [0.25, 0.3) is 10.8 Å². The molecule has 0 aromatic heterocycles. The van der Waals surface area contributed by atoms with E-state index >= 15 is 0 Å². The number of amides is 1. The number of anilines is 1. The molecule has 3 aromatic rings. The average molecular weight is 371 g/mol. The number of benzene rings is 3. The maximum atomic E-state index is 13.8. The molecule has 1 amide bonds. The van der Waals surface area contributed by atoms with Crippen LogP contribution in [0, 0.1) is 5.82 Å². The molecule has 134 valence electrons. The molecule has 0 radical (unpaired) electrons. The minimum atomic E-state index is -0.555. The van der Waals surface area contributed by atoms with Crippen LogP contribution in [0.4, 0.5) is 10.1 Å². The van der Waals surface area contributed by atoms with Gasteiger partial charge in [0.2, 0.25) is 5.91 Å². The van der Waals surface area contributed by atoms with Crippen LogP contribution in [0.1, 0.15) is 25.5 Å². The summed E-state index contributed by atoms with van der Waals surface area (Å²) in [7, 11) is 0. The van der Waals surface area contributed by atoms with Crippen LogP contribution in [0.15, 0.2) is 60.7 Å². The first-order valence-electron chi connectivity index (χ1n) is 8.44. The predicted octanol–water partition coefficient (Wildman–Crippen LogP) is 5.31. The first kappa shape index (κ1) is 18.4. The zero-order valence-corrected chi connectivity index (χ0v) is 15.3. The van der Waals surface area contributed by atoms with E-state index in [0.717, 1.165) is 10.9 Å². The fraction of sp³-hybridized carbons (Fsp3) is 0.190. The molecule has 0 aliphatic rings. The van der Waals surface area contributed by atoms with Gasteiger partial charge in [-0.3, -0.25) is 10.1 Å². The molecule has 0 bridgehead atoms. The molecule has 0 aliphatic heterocycles. The lowest BCUT2D eigenvalue weighted by molar-refractivity contribution is -0.118. The van der Waals surface area contributed by atoms with E-state index in [-0.39, 0.29) is 22.7 Å². The van der Waals surface area contributed by atoms with Gasteiger partial charge < -0.3 is 5.32 Å². The third kappa shape index (κ3) is 4.21. The molecule has 0 fully saturated rings. The normalized spacial score (nSPS) is 13.4. The quantitative estimate of drug-likeness (QED) is 0.639. The number of hydrogen-bond donors (Lipinski definition) is 2. The molecule has 0 saturated carbocycles. The molecule has 0 saturated heterocycles. The van der Waals surface area contributed by atoms with Crippen molar-refractivity contribution in [2.45, 2.75) is 25.9 Å². The fourth-order valence-corrected chi connectivity index (χ4v) is 3.01. The summed E-state index contributed by atoms with van der Waals surface area (Å²) in [6, 6.07) is 18.0. The van der Waals surface area contributed by atoms with E-state index in [1.54, 1.807) is 6.92 Å². The van der Waals surface area contributed by atoms with Gasteiger partial charge >= 0.3 is 0 Å². The van der Waals surface area contributed by atoms with Gasteiger partial charge in [0.05, 0.1) is 11.7 Å². The van der Waals surface area contributed by atoms with Crippen LogP contribution in [0.2, 0.25) is 5.02 Å². The molecular formula is C21H20ClFN2O. The minimum Gasteiger partial charge on any atom is -0.322 e. The van der Waals surface area contributed by atoms with Gasteiger partial charge in [0.15, 0.2) is 0 Å². The number of carbonyl (C=O) groups is 1. The van der Waals surface area contributed by atoms with Gasteiger partial charge in [-0.1, -0.05) is 48.0 Å². The predicted molar refractivity (Wildman–Crippen MR) is 105 cm³/mol. The Morgan fingerprint density at radius 2 is 1.73 bits per heavy atom. The zero-order chi connectivity index (χ0) is 18.7. The van der Waals surface area contributed by atoms with E-state index in [1.807, 2.05) is 25.1 Å². The summed E-state index contributed by atoms with van der Waals surface area (Å²) in [6.45, 7) is 3.75. The first-order valence-corrected chi connectivity index (χ1v) is 8.82. The van der Waals surface area contributed by atoms with Crippen molar-refractivity contribution in [2.24, 2.45) is 0 Å². The highest BCUT2D eigenvalue weighted by Crippen LogP contribution is 2.21. The molecule has 26 heavy (non-hydrogen) atoms. The third-order valence-electron chi connectivity index (χ3n) is 4.36. The number of fused-ring (bicyclic) bond motifs is 1. The summed E-state index contributed by atoms with van der Waals surface area (Å²) in [6.07, 6.45) is 0. The Morgan fingerprint density at radius 3 is 2.46 bits per heavy atom. The highest BCUT2D eigenvalue weighted by atomic mass is 35.5. The molecule has 2 N–H and O–H groups in total. The van der Waals surface area contributed by atoms with E-state index in [1.165, 1.54) is 23.6 Å². The van der Waals surface area contributed by atoms with Crippen LogP contribution in [-0.4, -0.2) is 11.9 Å². The van der Waals surface area contributed by atoms with Crippen molar-refractivity contribution in [2.75, 3.05) is 5.32 Å². The van der Waals surface area contributed by atoms with Gasteiger partial charge in [-0.2, -0.15) is 0 Å². The second-order valence-electron chi connectivity index (χ2n) is 6.33. The molecule has 3 aromatic carbocycles. The summed E-state index contributed by atoms with van der Waals surface area (Å²) in [5.41, 5.74) is 1.20. The Morgan fingerprint density at radius 1 is 1.00 bits per heavy atom. The monoisotopic (exact) mass is 370 g/mol. The van der Waals surface area contributed by atoms with Crippen LogP contribution < -0.4 is 10.6 Å². The van der Waals surface area contributed by atoms with Gasteiger partial charge in [0.1, 0.15) is 5.82 Å². The maximum absolute atomic E-state index is 13.8. The highest BCUT2D eigenvalue weighted by Gasteiger charge is 2.18. The van der Waals surface area contributed by atoms with E-state index in [0.29, 0.717) is 0 Å². The summed E-state index contributed by atoms with van der Waals surface area (Å²) < 4.78 is 13.8. The Kier molecular flexibility index (Phi) is 5.55. The van der Waals surface area contributed by atoms with Gasteiger partial charge in [-0.25, -0.2) is 4.39 Å². The van der Waals surface area contributed by atoms with Crippen LogP contribution in [0.3, 0.4) is 0 Å². The molecule has 5 heteroatoms. The van der Waals surface area contributed by atoms with Crippen LogP contribution >= 0.6 is 11.6 Å². The van der Waals surface area contributed by atoms with Gasteiger partial charge in [-0.15, -0.1) is 0 Å². The van der Waals surface area contributed by atoms with Crippen molar-refractivity contribution < 1.29 is 9.18 Å². The number of nitrogens with one attached hydrogen (secondary N) is 2. The Hall–Kier alpha value is -2.43. The summed E-state index contributed by atoms with van der Waals surface area (Å²) >= 11 is 5.73. The lowest BCUT2D eigenvalue weighted by Crippen LogP contribution is -2.39. The number of hydrogen-bond acceptors (Lipinski definition) is 2. The minimum absolute atomic E-state index is 0.0320. The lowest BCUT2D eigenvalue weighted by atomic mass is 10.0. The van der Waals surface area contributed by atoms with E-state index in [9.17, 15) is 9.18 Å². The average Bonchev–Trinajstić information content (AvgIpc) is 2.63. The van der Waals surface area contributed by atoms with Crippen LogP contribution in [0.5, 0.6) is 0 Å². The fourth-order valence-electron chi connectivity index (χ4n) is 2.86. The third-order valence-corrected chi connectivity index (χ3v) is 4.59. The largest absolute Gasteiger partial charge is 0.322 e. The number of carbonyl (C=O) groups excluding carboxylic acids is 1. The topological polar surface area (TPSA) is 41.1 Å². The molecule has 2 atom stereocenters. The second kappa shape index (κ2) is 7.85. The van der Waals surface area contributed by atoms with Crippen LogP contribution in [-0.2, 0) is 4.79 Å². The first-order chi connectivity index (χ1) is 12.4. The lowest BCUT2D eigenvalue weighted by Gasteiger charge is -2.20. The standard InChI is InChI=1S/C21H20ClFN2O/c1-13(16-8-7-15-5-3-4-6-17(15)11-16)24-14(2)21(26)25-20-10-9-18(22)12-19(20)23/h3-14,24H,1-2H3,(H,25,26)/t13-,14+/m0/s1. The van der Waals surface area contributed by atoms with Crippen molar-refractivity contribution >= 4 is 34.0 Å². The summed E-state index contributed by atoms with van der Waals surface area (Å²) in [5, 5.41) is 8.45. The molecule has 3 nitrogen and oxygen atoms in total. The summed E-state index contributed by atoms with van der Waals surface area (Å²) in [5.74, 6) is -0.862. The van der Waals surface area contributed by atoms with E-state index in [2.05, 4.69) is 34.9 Å². The SMILES string of the molecule is C[C@H](N[C@H](C)C(=O)Nc1ccc(Cl)cc1F)c1ccc2ccccc2c1. The number of rotatable bonds is 5. The Balaban J connectivity index is 1.67. The number of halogens is 2. The zero-order valence-electron chi connectivity index (χ0n) is 14.6. The molecule has 3 rings (SSSR count). The van der Waals surface area contributed by atoms with Gasteiger partial charge in [-0.05, 0) is 54.4 Å². The Labute approximate surface area is 157 Å². The van der Waals surface area contributed by atoms with Gasteiger partial charge in [0, 0.05) is 11.1 Å².